The highest BCUT2D eigenvalue weighted by atomic mass is 79.9. The zero-order valence-corrected chi connectivity index (χ0v) is 11.9. The van der Waals surface area contributed by atoms with E-state index in [1.807, 2.05) is 18.2 Å². The highest BCUT2D eigenvalue weighted by molar-refractivity contribution is 9.10. The smallest absolute Gasteiger partial charge is 0.337 e. The summed E-state index contributed by atoms with van der Waals surface area (Å²) in [6, 6.07) is 8.93. The Morgan fingerprint density at radius 1 is 1.26 bits per heavy atom. The van der Waals surface area contributed by atoms with Crippen LogP contribution < -0.4 is 4.74 Å². The average molecular weight is 322 g/mol. The fourth-order valence-electron chi connectivity index (χ4n) is 1.49. The molecule has 0 saturated heterocycles. The van der Waals surface area contributed by atoms with Crippen molar-refractivity contribution < 1.29 is 14.3 Å². The van der Waals surface area contributed by atoms with E-state index in [1.54, 1.807) is 24.5 Å². The number of ether oxygens (including phenoxy) is 2. The van der Waals surface area contributed by atoms with E-state index in [2.05, 4.69) is 25.7 Å². The van der Waals surface area contributed by atoms with Crippen LogP contribution in [0.4, 0.5) is 0 Å². The lowest BCUT2D eigenvalue weighted by atomic mass is 10.1. The third kappa shape index (κ3) is 3.79. The minimum absolute atomic E-state index is 0.344. The highest BCUT2D eigenvalue weighted by Gasteiger charge is 2.04. The summed E-state index contributed by atoms with van der Waals surface area (Å²) in [5, 5.41) is 0. The molecule has 1 heterocycles. The van der Waals surface area contributed by atoms with Crippen LogP contribution in [0.3, 0.4) is 0 Å². The molecule has 0 radical (unpaired) electrons. The Bertz CT molecular complexity index is 569. The van der Waals surface area contributed by atoms with Gasteiger partial charge in [0.2, 0.25) is 0 Å². The van der Waals surface area contributed by atoms with Gasteiger partial charge in [-0.15, -0.1) is 0 Å². The van der Waals surface area contributed by atoms with Gasteiger partial charge >= 0.3 is 5.97 Å². The maximum absolute atomic E-state index is 11.3. The number of carbonyl (C=O) groups excluding carboxylic acids is 1. The van der Waals surface area contributed by atoms with Crippen molar-refractivity contribution in [1.82, 2.24) is 4.98 Å². The molecule has 2 aromatic rings. The molecule has 98 valence electrons. The van der Waals surface area contributed by atoms with Crippen molar-refractivity contribution in [2.45, 2.75) is 6.61 Å². The number of hydrogen-bond acceptors (Lipinski definition) is 4. The van der Waals surface area contributed by atoms with Gasteiger partial charge in [-0.2, -0.15) is 0 Å². The van der Waals surface area contributed by atoms with Gasteiger partial charge in [0.25, 0.3) is 0 Å². The molecule has 0 N–H and O–H groups in total. The standard InChI is InChI=1S/C14H12BrNO3/c1-18-14(17)11-4-2-10(3-5-11)9-19-13-6-12(15)7-16-8-13/h2-8H,9H2,1H3. The molecular formula is C14H12BrNO3. The van der Waals surface area contributed by atoms with Gasteiger partial charge in [-0.3, -0.25) is 4.98 Å². The van der Waals surface area contributed by atoms with Crippen molar-refractivity contribution in [3.63, 3.8) is 0 Å². The first-order chi connectivity index (χ1) is 9.19. The number of hydrogen-bond donors (Lipinski definition) is 0. The summed E-state index contributed by atoms with van der Waals surface area (Å²) in [7, 11) is 1.36. The fourth-order valence-corrected chi connectivity index (χ4v) is 1.84. The molecule has 4 nitrogen and oxygen atoms in total. The third-order valence-corrected chi connectivity index (χ3v) is 2.89. The number of esters is 1. The lowest BCUT2D eigenvalue weighted by Crippen LogP contribution is -2.02. The summed E-state index contributed by atoms with van der Waals surface area (Å²) >= 11 is 3.33. The lowest BCUT2D eigenvalue weighted by Gasteiger charge is -2.06. The van der Waals surface area contributed by atoms with Crippen LogP contribution in [-0.4, -0.2) is 18.1 Å². The average Bonchev–Trinajstić information content (AvgIpc) is 2.45. The second kappa shape index (κ2) is 6.33. The van der Waals surface area contributed by atoms with E-state index < -0.39 is 0 Å². The van der Waals surface area contributed by atoms with Gasteiger partial charge in [-0.05, 0) is 39.7 Å². The van der Waals surface area contributed by atoms with Gasteiger partial charge in [0.05, 0.1) is 18.9 Å². The SMILES string of the molecule is COC(=O)c1ccc(COc2cncc(Br)c2)cc1. The molecule has 1 aromatic carbocycles. The number of pyridine rings is 1. The molecular weight excluding hydrogens is 310 g/mol. The molecule has 0 aliphatic heterocycles. The molecule has 0 unspecified atom stereocenters. The second-order valence-corrected chi connectivity index (χ2v) is 4.73. The number of rotatable bonds is 4. The Morgan fingerprint density at radius 2 is 2.00 bits per heavy atom. The summed E-state index contributed by atoms with van der Waals surface area (Å²) in [5.74, 6) is 0.343. The van der Waals surface area contributed by atoms with Crippen molar-refractivity contribution in [3.05, 3.63) is 58.3 Å². The predicted octanol–water partition coefficient (Wildman–Crippen LogP) is 3.21. The number of halogens is 1. The van der Waals surface area contributed by atoms with Crippen LogP contribution in [0.15, 0.2) is 47.2 Å². The third-order valence-electron chi connectivity index (χ3n) is 2.46. The van der Waals surface area contributed by atoms with Gasteiger partial charge < -0.3 is 9.47 Å². The summed E-state index contributed by atoms with van der Waals surface area (Å²) in [4.78, 5) is 15.3. The minimum Gasteiger partial charge on any atom is -0.487 e. The number of aromatic nitrogens is 1. The predicted molar refractivity (Wildman–Crippen MR) is 74.1 cm³/mol. The van der Waals surface area contributed by atoms with E-state index in [9.17, 15) is 4.79 Å². The van der Waals surface area contributed by atoms with Crippen LogP contribution in [0.5, 0.6) is 5.75 Å². The number of benzene rings is 1. The number of nitrogens with zero attached hydrogens (tertiary/aromatic N) is 1. The van der Waals surface area contributed by atoms with Gasteiger partial charge in [0, 0.05) is 10.7 Å². The van der Waals surface area contributed by atoms with Gasteiger partial charge in [0.1, 0.15) is 12.4 Å². The Labute approximate surface area is 119 Å². The largest absolute Gasteiger partial charge is 0.487 e. The maximum Gasteiger partial charge on any atom is 0.337 e. The molecule has 5 heteroatoms. The highest BCUT2D eigenvalue weighted by Crippen LogP contribution is 2.17. The summed E-state index contributed by atoms with van der Waals surface area (Å²) in [5.41, 5.74) is 1.49. The van der Waals surface area contributed by atoms with E-state index in [-0.39, 0.29) is 5.97 Å². The Balaban J connectivity index is 1.98. The van der Waals surface area contributed by atoms with Crippen molar-refractivity contribution in [1.29, 1.82) is 0 Å². The molecule has 0 aliphatic rings. The maximum atomic E-state index is 11.3. The van der Waals surface area contributed by atoms with Crippen LogP contribution in [0.2, 0.25) is 0 Å². The van der Waals surface area contributed by atoms with E-state index in [4.69, 9.17) is 4.74 Å². The van der Waals surface area contributed by atoms with E-state index in [0.717, 1.165) is 10.0 Å². The van der Waals surface area contributed by atoms with Crippen molar-refractivity contribution in [3.8, 4) is 5.75 Å². The number of carbonyl (C=O) groups is 1. The molecule has 2 rings (SSSR count). The molecule has 0 saturated carbocycles. The summed E-state index contributed by atoms with van der Waals surface area (Å²) in [6.45, 7) is 0.416. The van der Waals surface area contributed by atoms with Crippen molar-refractivity contribution in [2.24, 2.45) is 0 Å². The molecule has 19 heavy (non-hydrogen) atoms. The van der Waals surface area contributed by atoms with Crippen molar-refractivity contribution in [2.75, 3.05) is 7.11 Å². The fraction of sp³-hybridized carbons (Fsp3) is 0.143. The first-order valence-corrected chi connectivity index (χ1v) is 6.39. The topological polar surface area (TPSA) is 48.4 Å². The Hall–Kier alpha value is -1.88. The van der Waals surface area contributed by atoms with Gasteiger partial charge in [-0.25, -0.2) is 4.79 Å². The number of methoxy groups -OCH3 is 1. The normalized spacial score (nSPS) is 10.0. The molecule has 0 amide bonds. The van der Waals surface area contributed by atoms with E-state index >= 15 is 0 Å². The molecule has 0 spiro atoms. The zero-order valence-electron chi connectivity index (χ0n) is 10.3. The van der Waals surface area contributed by atoms with Crippen LogP contribution in [0, 0.1) is 0 Å². The first kappa shape index (κ1) is 13.5. The van der Waals surface area contributed by atoms with Crippen LogP contribution in [0.1, 0.15) is 15.9 Å². The molecule has 0 fully saturated rings. The molecule has 0 aliphatic carbocycles. The van der Waals surface area contributed by atoms with Crippen LogP contribution >= 0.6 is 15.9 Å². The Morgan fingerprint density at radius 3 is 2.63 bits per heavy atom. The van der Waals surface area contributed by atoms with Gasteiger partial charge in [-0.1, -0.05) is 12.1 Å². The Kier molecular flexibility index (Phi) is 4.52. The van der Waals surface area contributed by atoms with Crippen molar-refractivity contribution >= 4 is 21.9 Å². The molecule has 0 bridgehead atoms. The first-order valence-electron chi connectivity index (χ1n) is 5.59. The second-order valence-electron chi connectivity index (χ2n) is 3.82. The van der Waals surface area contributed by atoms with Crippen LogP contribution in [0.25, 0.3) is 0 Å². The van der Waals surface area contributed by atoms with E-state index in [0.29, 0.717) is 17.9 Å². The van der Waals surface area contributed by atoms with Crippen LogP contribution in [-0.2, 0) is 11.3 Å². The lowest BCUT2D eigenvalue weighted by molar-refractivity contribution is 0.0600. The zero-order chi connectivity index (χ0) is 13.7. The quantitative estimate of drug-likeness (QED) is 0.811. The molecule has 0 atom stereocenters. The van der Waals surface area contributed by atoms with E-state index in [1.165, 1.54) is 7.11 Å². The molecule has 1 aromatic heterocycles. The summed E-state index contributed by atoms with van der Waals surface area (Å²) < 4.78 is 11.1. The summed E-state index contributed by atoms with van der Waals surface area (Å²) in [6.07, 6.45) is 3.34. The minimum atomic E-state index is -0.344. The monoisotopic (exact) mass is 321 g/mol. The van der Waals surface area contributed by atoms with Gasteiger partial charge in [0.15, 0.2) is 0 Å².